The van der Waals surface area contributed by atoms with Crippen LogP contribution in [0.1, 0.15) is 11.1 Å². The van der Waals surface area contributed by atoms with E-state index in [1.807, 2.05) is 25.1 Å². The van der Waals surface area contributed by atoms with Gasteiger partial charge in [0, 0.05) is 22.1 Å². The Morgan fingerprint density at radius 3 is 2.55 bits per heavy atom. The summed E-state index contributed by atoms with van der Waals surface area (Å²) in [6, 6.07) is 12.1. The van der Waals surface area contributed by atoms with Crippen molar-refractivity contribution in [3.05, 3.63) is 64.4 Å². The molecule has 0 saturated carbocycles. The third-order valence-corrected chi connectivity index (χ3v) is 4.43. The van der Waals surface area contributed by atoms with Crippen molar-refractivity contribution in [1.29, 1.82) is 0 Å². The number of benzene rings is 2. The molecule has 2 rings (SSSR count). The fourth-order valence-corrected chi connectivity index (χ4v) is 3.00. The molecule has 1 atom stereocenters. The number of aryl methyl sites for hydroxylation is 1. The van der Waals surface area contributed by atoms with Crippen molar-refractivity contribution in [2.75, 3.05) is 5.75 Å². The van der Waals surface area contributed by atoms with Gasteiger partial charge in [0.25, 0.3) is 0 Å². The average Bonchev–Trinajstić information content (AvgIpc) is 2.41. The van der Waals surface area contributed by atoms with Gasteiger partial charge >= 0.3 is 0 Å². The SMILES string of the molecule is Cc1ccc(CC(O)CSc2ccc(F)cc2)c(Cl)c1. The average molecular weight is 311 g/mol. The standard InChI is InChI=1S/C16H16ClFOS/c1-11-2-3-12(16(17)8-11)9-14(19)10-20-15-6-4-13(18)5-7-15/h2-8,14,19H,9-10H2,1H3. The van der Waals surface area contributed by atoms with Crippen LogP contribution in [0.15, 0.2) is 47.4 Å². The second-order valence-electron chi connectivity index (χ2n) is 4.72. The van der Waals surface area contributed by atoms with E-state index in [1.165, 1.54) is 23.9 Å². The molecule has 0 aliphatic carbocycles. The van der Waals surface area contributed by atoms with E-state index in [2.05, 4.69) is 0 Å². The Labute approximate surface area is 127 Å². The van der Waals surface area contributed by atoms with Crippen molar-refractivity contribution in [3.63, 3.8) is 0 Å². The molecule has 0 aromatic heterocycles. The Bertz CT molecular complexity index is 571. The van der Waals surface area contributed by atoms with Gasteiger partial charge in [0.2, 0.25) is 0 Å². The Kier molecular flexibility index (Phi) is 5.46. The number of thioether (sulfide) groups is 1. The van der Waals surface area contributed by atoms with Crippen molar-refractivity contribution < 1.29 is 9.50 Å². The van der Waals surface area contributed by atoms with Crippen molar-refractivity contribution in [2.24, 2.45) is 0 Å². The fraction of sp³-hybridized carbons (Fsp3) is 0.250. The molecule has 20 heavy (non-hydrogen) atoms. The van der Waals surface area contributed by atoms with Gasteiger partial charge in [0.15, 0.2) is 0 Å². The Morgan fingerprint density at radius 1 is 1.20 bits per heavy atom. The van der Waals surface area contributed by atoms with Gasteiger partial charge in [0.05, 0.1) is 6.10 Å². The van der Waals surface area contributed by atoms with Crippen LogP contribution in [0.4, 0.5) is 4.39 Å². The van der Waals surface area contributed by atoms with Crippen molar-refractivity contribution in [3.8, 4) is 0 Å². The third kappa shape index (κ3) is 4.51. The molecule has 0 saturated heterocycles. The lowest BCUT2D eigenvalue weighted by Gasteiger charge is -2.12. The summed E-state index contributed by atoms with van der Waals surface area (Å²) >= 11 is 7.65. The summed E-state index contributed by atoms with van der Waals surface area (Å²) in [6.07, 6.45) is 0.0399. The maximum Gasteiger partial charge on any atom is 0.123 e. The van der Waals surface area contributed by atoms with Crippen LogP contribution in [0, 0.1) is 12.7 Å². The number of halogens is 2. The fourth-order valence-electron chi connectivity index (χ4n) is 1.85. The van der Waals surface area contributed by atoms with E-state index < -0.39 is 6.10 Å². The molecule has 2 aromatic carbocycles. The smallest absolute Gasteiger partial charge is 0.123 e. The summed E-state index contributed by atoms with van der Waals surface area (Å²) in [5, 5.41) is 10.7. The van der Waals surface area contributed by atoms with E-state index in [-0.39, 0.29) is 5.82 Å². The van der Waals surface area contributed by atoms with Crippen LogP contribution in [-0.2, 0) is 6.42 Å². The Hall–Kier alpha value is -1.03. The molecular weight excluding hydrogens is 295 g/mol. The monoisotopic (exact) mass is 310 g/mol. The predicted octanol–water partition coefficient (Wildman–Crippen LogP) is 4.48. The molecule has 0 radical (unpaired) electrons. The number of aliphatic hydroxyl groups is 1. The van der Waals surface area contributed by atoms with Gasteiger partial charge in [-0.3, -0.25) is 0 Å². The molecule has 0 aliphatic rings. The number of rotatable bonds is 5. The Morgan fingerprint density at radius 2 is 1.90 bits per heavy atom. The highest BCUT2D eigenvalue weighted by atomic mass is 35.5. The zero-order valence-corrected chi connectivity index (χ0v) is 12.7. The highest BCUT2D eigenvalue weighted by molar-refractivity contribution is 7.99. The normalized spacial score (nSPS) is 12.4. The molecule has 0 bridgehead atoms. The quantitative estimate of drug-likeness (QED) is 0.822. The highest BCUT2D eigenvalue weighted by Crippen LogP contribution is 2.23. The molecule has 1 unspecified atom stereocenters. The van der Waals surface area contributed by atoms with E-state index in [0.29, 0.717) is 17.2 Å². The molecule has 106 valence electrons. The molecule has 0 aliphatic heterocycles. The van der Waals surface area contributed by atoms with Gasteiger partial charge in [-0.15, -0.1) is 11.8 Å². The highest BCUT2D eigenvalue weighted by Gasteiger charge is 2.09. The van der Waals surface area contributed by atoms with Gasteiger partial charge in [-0.1, -0.05) is 23.7 Å². The zero-order chi connectivity index (χ0) is 14.5. The number of hydrogen-bond acceptors (Lipinski definition) is 2. The second kappa shape index (κ2) is 7.11. The van der Waals surface area contributed by atoms with E-state index in [0.717, 1.165) is 16.0 Å². The lowest BCUT2D eigenvalue weighted by molar-refractivity contribution is 0.200. The van der Waals surface area contributed by atoms with Gasteiger partial charge in [0.1, 0.15) is 5.82 Å². The van der Waals surface area contributed by atoms with Gasteiger partial charge < -0.3 is 5.11 Å². The molecule has 1 nitrogen and oxygen atoms in total. The molecule has 0 fully saturated rings. The first-order chi connectivity index (χ1) is 9.54. The van der Waals surface area contributed by atoms with Crippen LogP contribution in [0.5, 0.6) is 0 Å². The largest absolute Gasteiger partial charge is 0.392 e. The lowest BCUT2D eigenvalue weighted by atomic mass is 10.1. The first-order valence-electron chi connectivity index (χ1n) is 6.36. The van der Waals surface area contributed by atoms with Gasteiger partial charge in [-0.25, -0.2) is 4.39 Å². The molecular formula is C16H16ClFOS. The molecule has 0 amide bonds. The third-order valence-electron chi connectivity index (χ3n) is 2.92. The minimum atomic E-state index is -0.481. The van der Waals surface area contributed by atoms with Crippen LogP contribution in [0.3, 0.4) is 0 Å². The summed E-state index contributed by atoms with van der Waals surface area (Å²) < 4.78 is 12.8. The van der Waals surface area contributed by atoms with Crippen LogP contribution < -0.4 is 0 Å². The van der Waals surface area contributed by atoms with Crippen molar-refractivity contribution in [1.82, 2.24) is 0 Å². The van der Waals surface area contributed by atoms with E-state index >= 15 is 0 Å². The summed E-state index contributed by atoms with van der Waals surface area (Å²) in [5.41, 5.74) is 2.05. The first kappa shape index (κ1) is 15.4. The van der Waals surface area contributed by atoms with Crippen molar-refractivity contribution in [2.45, 2.75) is 24.3 Å². The van der Waals surface area contributed by atoms with E-state index in [1.54, 1.807) is 12.1 Å². The first-order valence-corrected chi connectivity index (χ1v) is 7.72. The topological polar surface area (TPSA) is 20.2 Å². The minimum absolute atomic E-state index is 0.249. The van der Waals surface area contributed by atoms with E-state index in [4.69, 9.17) is 11.6 Å². The minimum Gasteiger partial charge on any atom is -0.392 e. The molecule has 2 aromatic rings. The van der Waals surface area contributed by atoms with Crippen LogP contribution in [-0.4, -0.2) is 17.0 Å². The predicted molar refractivity (Wildman–Crippen MR) is 83.0 cm³/mol. The zero-order valence-electron chi connectivity index (χ0n) is 11.1. The van der Waals surface area contributed by atoms with Crippen LogP contribution >= 0.6 is 23.4 Å². The lowest BCUT2D eigenvalue weighted by Crippen LogP contribution is -2.13. The second-order valence-corrected chi connectivity index (χ2v) is 6.22. The van der Waals surface area contributed by atoms with Crippen LogP contribution in [0.25, 0.3) is 0 Å². The van der Waals surface area contributed by atoms with Gasteiger partial charge in [-0.2, -0.15) is 0 Å². The molecule has 1 N–H and O–H groups in total. The molecule has 4 heteroatoms. The number of aliphatic hydroxyl groups excluding tert-OH is 1. The summed E-state index contributed by atoms with van der Waals surface area (Å²) in [5.74, 6) is 0.303. The molecule has 0 spiro atoms. The number of hydrogen-bond donors (Lipinski definition) is 1. The van der Waals surface area contributed by atoms with E-state index in [9.17, 15) is 9.50 Å². The summed E-state index contributed by atoms with van der Waals surface area (Å²) in [4.78, 5) is 0.945. The van der Waals surface area contributed by atoms with Crippen molar-refractivity contribution >= 4 is 23.4 Å². The van der Waals surface area contributed by atoms with Gasteiger partial charge in [-0.05, 0) is 48.4 Å². The molecule has 0 heterocycles. The summed E-state index contributed by atoms with van der Waals surface area (Å²) in [7, 11) is 0. The maximum absolute atomic E-state index is 12.8. The Balaban J connectivity index is 1.89. The summed E-state index contributed by atoms with van der Waals surface area (Å²) in [6.45, 7) is 1.98. The van der Waals surface area contributed by atoms with Crippen LogP contribution in [0.2, 0.25) is 5.02 Å². The maximum atomic E-state index is 12.8.